The SMILES string of the molecule is [N-]=[N+]=Nc1cc2ccccc2cc1C1(F)N=N1. The standard InChI is InChI=1S/C11H6FN5/c12-11(15-16-11)9-5-7-3-1-2-4-8(7)6-10(9)14-17-13/h1-6H. The first-order chi connectivity index (χ1) is 8.23. The van der Waals surface area contributed by atoms with Gasteiger partial charge in [0, 0.05) is 16.2 Å². The molecule has 17 heavy (non-hydrogen) atoms. The first-order valence-corrected chi connectivity index (χ1v) is 4.94. The van der Waals surface area contributed by atoms with E-state index in [0.29, 0.717) is 0 Å². The van der Waals surface area contributed by atoms with Crippen molar-refractivity contribution in [1.82, 2.24) is 0 Å². The third kappa shape index (κ3) is 1.51. The van der Waals surface area contributed by atoms with E-state index in [-0.39, 0.29) is 11.3 Å². The highest BCUT2D eigenvalue weighted by molar-refractivity contribution is 5.87. The van der Waals surface area contributed by atoms with E-state index in [0.717, 1.165) is 10.8 Å². The van der Waals surface area contributed by atoms with Crippen LogP contribution in [0.4, 0.5) is 10.1 Å². The van der Waals surface area contributed by atoms with Gasteiger partial charge in [-0.25, -0.2) is 0 Å². The molecule has 1 heterocycles. The molecule has 3 rings (SSSR count). The Kier molecular flexibility index (Phi) is 1.87. The smallest absolute Gasteiger partial charge is 0.182 e. The highest BCUT2D eigenvalue weighted by atomic mass is 19.2. The fraction of sp³-hybridized carbons (Fsp3) is 0.0909. The number of fused-ring (bicyclic) bond motifs is 1. The van der Waals surface area contributed by atoms with Crippen molar-refractivity contribution in [3.8, 4) is 0 Å². The first kappa shape index (κ1) is 9.74. The summed E-state index contributed by atoms with van der Waals surface area (Å²) in [5.41, 5.74) is 8.89. The van der Waals surface area contributed by atoms with Crippen molar-refractivity contribution in [1.29, 1.82) is 0 Å². The van der Waals surface area contributed by atoms with Crippen LogP contribution in [0.25, 0.3) is 21.2 Å². The Morgan fingerprint density at radius 3 is 2.41 bits per heavy atom. The van der Waals surface area contributed by atoms with Gasteiger partial charge in [-0.05, 0) is 28.4 Å². The summed E-state index contributed by atoms with van der Waals surface area (Å²) in [6.45, 7) is 0. The average molecular weight is 227 g/mol. The fourth-order valence-corrected chi connectivity index (χ4v) is 1.77. The van der Waals surface area contributed by atoms with Gasteiger partial charge in [0.05, 0.1) is 0 Å². The number of hydrogen-bond donors (Lipinski definition) is 0. The van der Waals surface area contributed by atoms with Crippen LogP contribution in [0, 0.1) is 0 Å². The third-order valence-electron chi connectivity index (χ3n) is 2.63. The second kappa shape index (κ2) is 3.26. The lowest BCUT2D eigenvalue weighted by atomic mass is 10.0. The largest absolute Gasteiger partial charge is 0.355 e. The van der Waals surface area contributed by atoms with E-state index in [9.17, 15) is 4.39 Å². The molecule has 0 atom stereocenters. The highest BCUT2D eigenvalue weighted by Crippen LogP contribution is 2.46. The Morgan fingerprint density at radius 1 is 1.18 bits per heavy atom. The van der Waals surface area contributed by atoms with Gasteiger partial charge in [0.15, 0.2) is 0 Å². The van der Waals surface area contributed by atoms with Crippen molar-refractivity contribution in [2.45, 2.75) is 5.92 Å². The van der Waals surface area contributed by atoms with Gasteiger partial charge in [-0.15, -0.1) is 10.2 Å². The van der Waals surface area contributed by atoms with Crippen LogP contribution in [-0.2, 0) is 5.92 Å². The molecule has 0 saturated carbocycles. The van der Waals surface area contributed by atoms with Crippen molar-refractivity contribution in [2.75, 3.05) is 0 Å². The van der Waals surface area contributed by atoms with Crippen molar-refractivity contribution < 1.29 is 4.39 Å². The van der Waals surface area contributed by atoms with E-state index in [2.05, 4.69) is 20.3 Å². The minimum Gasteiger partial charge on any atom is -0.182 e. The van der Waals surface area contributed by atoms with Crippen LogP contribution in [0.15, 0.2) is 51.7 Å². The molecule has 1 aliphatic rings. The van der Waals surface area contributed by atoms with Crippen molar-refractivity contribution in [2.24, 2.45) is 15.3 Å². The zero-order valence-electron chi connectivity index (χ0n) is 8.58. The molecule has 0 bridgehead atoms. The third-order valence-corrected chi connectivity index (χ3v) is 2.63. The minimum atomic E-state index is -2.03. The van der Waals surface area contributed by atoms with Crippen molar-refractivity contribution in [3.05, 3.63) is 52.4 Å². The number of alkyl halides is 1. The molecule has 0 aromatic heterocycles. The average Bonchev–Trinajstić information content (AvgIpc) is 3.08. The quantitative estimate of drug-likeness (QED) is 0.317. The van der Waals surface area contributed by atoms with Gasteiger partial charge in [-0.2, -0.15) is 4.39 Å². The number of benzene rings is 2. The van der Waals surface area contributed by atoms with Crippen LogP contribution in [0.2, 0.25) is 0 Å². The van der Waals surface area contributed by atoms with Crippen LogP contribution in [0.5, 0.6) is 0 Å². The molecule has 1 aliphatic heterocycles. The van der Waals surface area contributed by atoms with E-state index < -0.39 is 5.92 Å². The number of rotatable bonds is 2. The lowest BCUT2D eigenvalue weighted by Crippen LogP contribution is -1.99. The monoisotopic (exact) mass is 227 g/mol. The second-order valence-electron chi connectivity index (χ2n) is 3.69. The Hall–Kier alpha value is -2.46. The predicted molar refractivity (Wildman–Crippen MR) is 60.4 cm³/mol. The summed E-state index contributed by atoms with van der Waals surface area (Å²) in [5.74, 6) is -2.03. The molecule has 5 nitrogen and oxygen atoms in total. The fourth-order valence-electron chi connectivity index (χ4n) is 1.77. The first-order valence-electron chi connectivity index (χ1n) is 4.94. The lowest BCUT2D eigenvalue weighted by molar-refractivity contribution is 0.291. The van der Waals surface area contributed by atoms with Crippen LogP contribution in [0.1, 0.15) is 5.56 Å². The summed E-state index contributed by atoms with van der Waals surface area (Å²) in [5, 5.41) is 11.9. The molecule has 82 valence electrons. The van der Waals surface area contributed by atoms with Crippen LogP contribution in [-0.4, -0.2) is 0 Å². The maximum absolute atomic E-state index is 13.8. The maximum Gasteiger partial charge on any atom is 0.355 e. The molecular weight excluding hydrogens is 221 g/mol. The molecule has 2 aromatic rings. The summed E-state index contributed by atoms with van der Waals surface area (Å²) < 4.78 is 13.8. The lowest BCUT2D eigenvalue weighted by Gasteiger charge is -2.07. The summed E-state index contributed by atoms with van der Waals surface area (Å²) in [6.07, 6.45) is 0. The summed E-state index contributed by atoms with van der Waals surface area (Å²) in [7, 11) is 0. The van der Waals surface area contributed by atoms with E-state index in [1.807, 2.05) is 24.3 Å². The summed E-state index contributed by atoms with van der Waals surface area (Å²) in [6, 6.07) is 10.7. The predicted octanol–water partition coefficient (Wildman–Crippen LogP) is 4.33. The van der Waals surface area contributed by atoms with Gasteiger partial charge in [0.1, 0.15) is 0 Å². The van der Waals surface area contributed by atoms with Gasteiger partial charge in [-0.3, -0.25) is 0 Å². The molecule has 6 heteroatoms. The van der Waals surface area contributed by atoms with Crippen LogP contribution < -0.4 is 0 Å². The Morgan fingerprint density at radius 2 is 1.82 bits per heavy atom. The Bertz CT molecular complexity index is 681. The number of nitrogens with zero attached hydrogens (tertiary/aromatic N) is 5. The molecule has 2 aromatic carbocycles. The normalized spacial score (nSPS) is 15.6. The van der Waals surface area contributed by atoms with Gasteiger partial charge in [0.2, 0.25) is 0 Å². The van der Waals surface area contributed by atoms with Gasteiger partial charge in [-0.1, -0.05) is 29.4 Å². The molecular formula is C11H6FN5. The highest BCUT2D eigenvalue weighted by Gasteiger charge is 2.44. The van der Waals surface area contributed by atoms with E-state index in [1.165, 1.54) is 0 Å². The van der Waals surface area contributed by atoms with Gasteiger partial charge >= 0.3 is 5.92 Å². The molecule has 0 unspecified atom stereocenters. The topological polar surface area (TPSA) is 73.5 Å². The summed E-state index contributed by atoms with van der Waals surface area (Å²) >= 11 is 0. The second-order valence-corrected chi connectivity index (χ2v) is 3.69. The molecule has 0 amide bonds. The minimum absolute atomic E-state index is 0.189. The van der Waals surface area contributed by atoms with Crippen LogP contribution in [0.3, 0.4) is 0 Å². The molecule has 0 N–H and O–H groups in total. The zero-order valence-corrected chi connectivity index (χ0v) is 8.58. The molecule has 0 spiro atoms. The number of hydrogen-bond acceptors (Lipinski definition) is 3. The molecule has 0 fully saturated rings. The van der Waals surface area contributed by atoms with Gasteiger partial charge < -0.3 is 0 Å². The van der Waals surface area contributed by atoms with Gasteiger partial charge in [0.25, 0.3) is 0 Å². The summed E-state index contributed by atoms with van der Waals surface area (Å²) in [4.78, 5) is 2.69. The molecule has 0 saturated heterocycles. The number of halogens is 1. The molecule has 0 radical (unpaired) electrons. The van der Waals surface area contributed by atoms with E-state index in [1.54, 1.807) is 12.1 Å². The maximum atomic E-state index is 13.8. The van der Waals surface area contributed by atoms with E-state index in [4.69, 9.17) is 5.53 Å². The van der Waals surface area contributed by atoms with E-state index >= 15 is 0 Å². The Balaban J connectivity index is 2.31. The zero-order chi connectivity index (χ0) is 11.9. The number of azide groups is 1. The Labute approximate surface area is 95.2 Å². The van der Waals surface area contributed by atoms with Crippen molar-refractivity contribution >= 4 is 16.5 Å². The van der Waals surface area contributed by atoms with Crippen LogP contribution >= 0.6 is 0 Å². The van der Waals surface area contributed by atoms with Crippen molar-refractivity contribution in [3.63, 3.8) is 0 Å². The molecule has 0 aliphatic carbocycles.